The summed E-state index contributed by atoms with van der Waals surface area (Å²) in [4.78, 5) is 10.3. The van der Waals surface area contributed by atoms with Gasteiger partial charge >= 0.3 is 12.1 Å². The molecule has 1 atom stereocenters. The summed E-state index contributed by atoms with van der Waals surface area (Å²) in [6, 6.07) is 1.93. The smallest absolute Gasteiger partial charge is 0.416 e. The van der Waals surface area contributed by atoms with Gasteiger partial charge < -0.3 is 9.47 Å². The Morgan fingerprint density at radius 2 is 2.04 bits per heavy atom. The van der Waals surface area contributed by atoms with Gasteiger partial charge in [-0.05, 0) is 18.2 Å². The lowest BCUT2D eigenvalue weighted by Crippen LogP contribution is -2.31. The van der Waals surface area contributed by atoms with Gasteiger partial charge in [0.05, 0.1) is 18.3 Å². The van der Waals surface area contributed by atoms with Gasteiger partial charge in [0, 0.05) is 20.5 Å². The molecule has 1 aliphatic heterocycles. The Balaban J connectivity index is 2.48. The van der Waals surface area contributed by atoms with E-state index >= 15 is 0 Å². The van der Waals surface area contributed by atoms with Crippen LogP contribution in [-0.2, 0) is 25.7 Å². The minimum absolute atomic E-state index is 0.00189. The van der Waals surface area contributed by atoms with Crippen LogP contribution in [0.25, 0.3) is 0 Å². The second kappa shape index (κ2) is 6.10. The topological polar surface area (TPSA) is 76.2 Å². The Bertz CT molecular complexity index is 713. The van der Waals surface area contributed by atoms with E-state index in [0.29, 0.717) is 18.7 Å². The van der Waals surface area contributed by atoms with Crippen LogP contribution in [0.5, 0.6) is 5.75 Å². The van der Waals surface area contributed by atoms with E-state index in [1.807, 2.05) is 0 Å². The summed E-state index contributed by atoms with van der Waals surface area (Å²) in [7, 11) is -3.06. The van der Waals surface area contributed by atoms with E-state index in [1.165, 1.54) is 7.05 Å². The van der Waals surface area contributed by atoms with E-state index in [4.69, 9.17) is 9.47 Å². The van der Waals surface area contributed by atoms with E-state index in [9.17, 15) is 26.4 Å². The molecule has 0 bridgehead atoms. The zero-order chi connectivity index (χ0) is 17.4. The molecule has 1 aromatic carbocycles. The number of likely N-dealkylation sites (N-methyl/N-ethyl adjacent to an activating group) is 1. The van der Waals surface area contributed by atoms with Crippen molar-refractivity contribution in [1.82, 2.24) is 4.31 Å². The van der Waals surface area contributed by atoms with E-state index in [1.54, 1.807) is 0 Å². The Hall–Kier alpha value is -1.65. The number of carbonyl (C=O) groups is 1. The van der Waals surface area contributed by atoms with Crippen molar-refractivity contribution in [3.63, 3.8) is 0 Å². The predicted molar refractivity (Wildman–Crippen MR) is 72.3 cm³/mol. The Morgan fingerprint density at radius 1 is 1.43 bits per heavy atom. The van der Waals surface area contributed by atoms with E-state index < -0.39 is 38.4 Å². The van der Waals surface area contributed by atoms with Gasteiger partial charge in [-0.1, -0.05) is 0 Å². The average Bonchev–Trinajstić information content (AvgIpc) is 3.20. The first-order chi connectivity index (χ1) is 10.5. The van der Waals surface area contributed by atoms with Crippen LogP contribution in [0.2, 0.25) is 0 Å². The van der Waals surface area contributed by atoms with Gasteiger partial charge in [0.2, 0.25) is 10.0 Å². The molecule has 0 aliphatic carbocycles. The van der Waals surface area contributed by atoms with Crippen molar-refractivity contribution in [2.24, 2.45) is 0 Å². The second-order valence-corrected chi connectivity index (χ2v) is 7.01. The second-order valence-electron chi connectivity index (χ2n) is 4.99. The Kier molecular flexibility index (Phi) is 4.69. The van der Waals surface area contributed by atoms with Gasteiger partial charge in [-0.2, -0.15) is 17.5 Å². The minimum atomic E-state index is -4.73. The van der Waals surface area contributed by atoms with Gasteiger partial charge in [-0.25, -0.2) is 8.42 Å². The van der Waals surface area contributed by atoms with Crippen molar-refractivity contribution >= 4 is 16.0 Å². The molecule has 0 aromatic heterocycles. The third-order valence-corrected chi connectivity index (χ3v) is 4.92. The molecule has 0 N–H and O–H groups in total. The predicted octanol–water partition coefficient (Wildman–Crippen LogP) is 1.65. The molecule has 1 aliphatic rings. The number of epoxide rings is 1. The van der Waals surface area contributed by atoms with E-state index in [-0.39, 0.29) is 12.6 Å². The number of benzene rings is 1. The molecule has 6 nitrogen and oxygen atoms in total. The summed E-state index contributed by atoms with van der Waals surface area (Å²) < 4.78 is 74.0. The maximum absolute atomic E-state index is 12.8. The fourth-order valence-electron chi connectivity index (χ4n) is 1.85. The highest BCUT2D eigenvalue weighted by Crippen LogP contribution is 2.35. The number of nitrogens with zero attached hydrogens (tertiary/aromatic N) is 1. The number of sulfonamides is 1. The van der Waals surface area contributed by atoms with Crippen LogP contribution >= 0.6 is 0 Å². The van der Waals surface area contributed by atoms with Crippen LogP contribution in [-0.4, -0.2) is 45.0 Å². The summed E-state index contributed by atoms with van der Waals surface area (Å²) in [5, 5.41) is 0. The first-order valence-corrected chi connectivity index (χ1v) is 7.93. The number of hydrogen-bond acceptors (Lipinski definition) is 5. The number of alkyl halides is 3. The van der Waals surface area contributed by atoms with Crippen molar-refractivity contribution < 1.29 is 35.9 Å². The van der Waals surface area contributed by atoms with Crippen LogP contribution in [0.1, 0.15) is 12.5 Å². The number of halogens is 3. The lowest BCUT2D eigenvalue weighted by atomic mass is 10.2. The van der Waals surface area contributed by atoms with Gasteiger partial charge in [-0.3, -0.25) is 4.79 Å². The van der Waals surface area contributed by atoms with Crippen molar-refractivity contribution in [3.8, 4) is 5.75 Å². The number of hydrogen-bond donors (Lipinski definition) is 0. The summed E-state index contributed by atoms with van der Waals surface area (Å²) in [5.41, 5.74) is -1.15. The van der Waals surface area contributed by atoms with Gasteiger partial charge in [-0.15, -0.1) is 0 Å². The number of rotatable bonds is 5. The molecule has 1 fully saturated rings. The monoisotopic (exact) mass is 353 g/mol. The number of carbonyl (C=O) groups excluding carboxylic acids is 1. The van der Waals surface area contributed by atoms with Crippen molar-refractivity contribution in [2.75, 3.05) is 20.2 Å². The zero-order valence-corrected chi connectivity index (χ0v) is 13.1. The standard InChI is InChI=1S/C13H14F3NO5S/c1-8(18)22-11-4-3-9(13(14,15)16)5-12(11)23(19,20)17(2)6-10-7-21-10/h3-5,10H,6-7H2,1-2H3. The molecule has 2 rings (SSSR count). The maximum Gasteiger partial charge on any atom is 0.416 e. The Morgan fingerprint density at radius 3 is 2.52 bits per heavy atom. The van der Waals surface area contributed by atoms with Crippen LogP contribution < -0.4 is 4.74 Å². The highest BCUT2D eigenvalue weighted by molar-refractivity contribution is 7.89. The van der Waals surface area contributed by atoms with Gasteiger partial charge in [0.1, 0.15) is 4.90 Å². The van der Waals surface area contributed by atoms with Crippen LogP contribution in [0, 0.1) is 0 Å². The summed E-state index contributed by atoms with van der Waals surface area (Å²) >= 11 is 0. The summed E-state index contributed by atoms with van der Waals surface area (Å²) in [6.45, 7) is 1.41. The van der Waals surface area contributed by atoms with Crippen molar-refractivity contribution in [1.29, 1.82) is 0 Å². The third-order valence-electron chi connectivity index (χ3n) is 3.08. The summed E-state index contributed by atoms with van der Waals surface area (Å²) in [5.74, 6) is -1.29. The molecule has 10 heteroatoms. The number of esters is 1. The molecule has 128 valence electrons. The quantitative estimate of drug-likeness (QED) is 0.457. The van der Waals surface area contributed by atoms with Crippen LogP contribution in [0.4, 0.5) is 13.2 Å². The molecular formula is C13H14F3NO5S. The Labute approximate surface area is 130 Å². The highest BCUT2D eigenvalue weighted by atomic mass is 32.2. The lowest BCUT2D eigenvalue weighted by Gasteiger charge is -2.19. The van der Waals surface area contributed by atoms with Gasteiger partial charge in [0.15, 0.2) is 5.75 Å². The lowest BCUT2D eigenvalue weighted by molar-refractivity contribution is -0.137. The zero-order valence-electron chi connectivity index (χ0n) is 12.3. The molecule has 23 heavy (non-hydrogen) atoms. The molecular weight excluding hydrogens is 339 g/mol. The first kappa shape index (κ1) is 17.7. The average molecular weight is 353 g/mol. The third kappa shape index (κ3) is 4.21. The normalized spacial score (nSPS) is 18.1. The molecule has 0 amide bonds. The molecule has 1 saturated heterocycles. The van der Waals surface area contributed by atoms with Crippen molar-refractivity contribution in [2.45, 2.75) is 24.1 Å². The van der Waals surface area contributed by atoms with Crippen LogP contribution in [0.15, 0.2) is 23.1 Å². The summed E-state index contributed by atoms with van der Waals surface area (Å²) in [6.07, 6.45) is -5.00. The molecule has 0 spiro atoms. The first-order valence-electron chi connectivity index (χ1n) is 6.49. The largest absolute Gasteiger partial charge is 0.425 e. The molecule has 0 saturated carbocycles. The fourth-order valence-corrected chi connectivity index (χ4v) is 3.19. The molecule has 1 heterocycles. The molecule has 0 radical (unpaired) electrons. The van der Waals surface area contributed by atoms with E-state index in [2.05, 4.69) is 0 Å². The number of ether oxygens (including phenoxy) is 2. The van der Waals surface area contributed by atoms with Crippen molar-refractivity contribution in [3.05, 3.63) is 23.8 Å². The highest BCUT2D eigenvalue weighted by Gasteiger charge is 2.36. The SMILES string of the molecule is CC(=O)Oc1ccc(C(F)(F)F)cc1S(=O)(=O)N(C)CC1CO1. The van der Waals surface area contributed by atoms with Gasteiger partial charge in [0.25, 0.3) is 0 Å². The van der Waals surface area contributed by atoms with Crippen LogP contribution in [0.3, 0.4) is 0 Å². The minimum Gasteiger partial charge on any atom is -0.425 e. The molecule has 1 aromatic rings. The fraction of sp³-hybridized carbons (Fsp3) is 0.462. The van der Waals surface area contributed by atoms with E-state index in [0.717, 1.165) is 17.3 Å². The molecule has 1 unspecified atom stereocenters. The maximum atomic E-state index is 12.8.